The normalized spacial score (nSPS) is 28.0. The van der Waals surface area contributed by atoms with E-state index >= 15 is 0 Å². The molecule has 1 heterocycles. The van der Waals surface area contributed by atoms with Crippen molar-refractivity contribution in [2.45, 2.75) is 18.1 Å². The molecule has 0 amide bonds. The van der Waals surface area contributed by atoms with E-state index in [2.05, 4.69) is 0 Å². The van der Waals surface area contributed by atoms with Gasteiger partial charge in [-0.05, 0) is 12.2 Å². The summed E-state index contributed by atoms with van der Waals surface area (Å²) >= 11 is 1.40. The standard InChI is InChI=1S/C6H7O2S/c7-4-6-5(8)2-1-3-9-6/h6H,1-3H2. The van der Waals surface area contributed by atoms with E-state index in [0.717, 1.165) is 12.2 Å². The quantitative estimate of drug-likeness (QED) is 0.503. The summed E-state index contributed by atoms with van der Waals surface area (Å²) in [5.41, 5.74) is 0. The molecular formula is C6H7O2S. The van der Waals surface area contributed by atoms with E-state index in [4.69, 9.17) is 0 Å². The molecular weight excluding hydrogens is 136 g/mol. The maximum Gasteiger partial charge on any atom is 0.220 e. The first-order valence-corrected chi connectivity index (χ1v) is 3.91. The molecule has 0 spiro atoms. The number of thioether (sulfide) groups is 1. The second-order valence-electron chi connectivity index (χ2n) is 1.94. The number of carbonyl (C=O) groups is 1. The van der Waals surface area contributed by atoms with Crippen LogP contribution in [0.15, 0.2) is 0 Å². The van der Waals surface area contributed by atoms with Gasteiger partial charge in [-0.15, -0.1) is 11.8 Å². The summed E-state index contributed by atoms with van der Waals surface area (Å²) in [6, 6.07) is 0. The molecule has 1 rings (SSSR count). The van der Waals surface area contributed by atoms with Gasteiger partial charge < -0.3 is 0 Å². The Morgan fingerprint density at radius 3 is 2.89 bits per heavy atom. The smallest absolute Gasteiger partial charge is 0.220 e. The van der Waals surface area contributed by atoms with Gasteiger partial charge in [-0.25, -0.2) is 0 Å². The number of carbonyl (C=O) groups excluding carboxylic acids is 2. The highest BCUT2D eigenvalue weighted by Crippen LogP contribution is 2.19. The lowest BCUT2D eigenvalue weighted by Crippen LogP contribution is -2.22. The monoisotopic (exact) mass is 143 g/mol. The van der Waals surface area contributed by atoms with Gasteiger partial charge in [0.1, 0.15) is 5.25 Å². The molecule has 0 bridgehead atoms. The van der Waals surface area contributed by atoms with Crippen LogP contribution in [-0.2, 0) is 9.59 Å². The third kappa shape index (κ3) is 1.55. The highest BCUT2D eigenvalue weighted by Gasteiger charge is 2.22. The Kier molecular flexibility index (Phi) is 2.28. The topological polar surface area (TPSA) is 34.1 Å². The molecule has 1 atom stereocenters. The molecule has 0 N–H and O–H groups in total. The second-order valence-corrected chi connectivity index (χ2v) is 3.15. The third-order valence-corrected chi connectivity index (χ3v) is 2.47. The van der Waals surface area contributed by atoms with Crippen LogP contribution in [0.1, 0.15) is 12.8 Å². The maximum absolute atomic E-state index is 10.7. The average Bonchev–Trinajstić information content (AvgIpc) is 1.89. The third-order valence-electron chi connectivity index (χ3n) is 1.25. The van der Waals surface area contributed by atoms with E-state index in [0.29, 0.717) is 6.42 Å². The minimum Gasteiger partial charge on any atom is -0.298 e. The van der Waals surface area contributed by atoms with E-state index < -0.39 is 5.25 Å². The van der Waals surface area contributed by atoms with E-state index in [1.54, 1.807) is 6.29 Å². The minimum absolute atomic E-state index is 0.0428. The van der Waals surface area contributed by atoms with Crippen LogP contribution in [-0.4, -0.2) is 23.1 Å². The highest BCUT2D eigenvalue weighted by atomic mass is 32.2. The van der Waals surface area contributed by atoms with Gasteiger partial charge in [0.15, 0.2) is 5.78 Å². The zero-order chi connectivity index (χ0) is 6.69. The lowest BCUT2D eigenvalue weighted by molar-refractivity contribution is -0.117. The van der Waals surface area contributed by atoms with Gasteiger partial charge in [0, 0.05) is 6.42 Å². The van der Waals surface area contributed by atoms with Crippen molar-refractivity contribution in [2.24, 2.45) is 0 Å². The highest BCUT2D eigenvalue weighted by molar-refractivity contribution is 8.01. The zero-order valence-electron chi connectivity index (χ0n) is 4.92. The summed E-state index contributed by atoms with van der Waals surface area (Å²) in [7, 11) is 0. The summed E-state index contributed by atoms with van der Waals surface area (Å²) in [6.45, 7) is 0. The van der Waals surface area contributed by atoms with Crippen molar-refractivity contribution in [2.75, 3.05) is 5.75 Å². The molecule has 0 aromatic rings. The molecule has 1 radical (unpaired) electrons. The fourth-order valence-electron chi connectivity index (χ4n) is 0.771. The average molecular weight is 143 g/mol. The van der Waals surface area contributed by atoms with Crippen LogP contribution in [0.3, 0.4) is 0 Å². The SMILES string of the molecule is O=[C]C1SCCCC1=O. The molecule has 1 fully saturated rings. The predicted molar refractivity (Wildman–Crippen MR) is 36.2 cm³/mol. The Morgan fingerprint density at radius 1 is 1.67 bits per heavy atom. The van der Waals surface area contributed by atoms with Crippen molar-refractivity contribution < 1.29 is 9.59 Å². The summed E-state index contributed by atoms with van der Waals surface area (Å²) < 4.78 is 0. The molecule has 0 aromatic carbocycles. The van der Waals surface area contributed by atoms with Gasteiger partial charge >= 0.3 is 0 Å². The summed E-state index contributed by atoms with van der Waals surface area (Å²) in [6.07, 6.45) is 3.20. The van der Waals surface area contributed by atoms with E-state index in [1.165, 1.54) is 11.8 Å². The van der Waals surface area contributed by atoms with Crippen molar-refractivity contribution in [3.8, 4) is 0 Å². The van der Waals surface area contributed by atoms with Crippen LogP contribution in [0, 0.1) is 0 Å². The first kappa shape index (κ1) is 6.81. The minimum atomic E-state index is -0.473. The van der Waals surface area contributed by atoms with Crippen LogP contribution in [0.2, 0.25) is 0 Å². The second kappa shape index (κ2) is 3.01. The van der Waals surface area contributed by atoms with Crippen molar-refractivity contribution in [3.63, 3.8) is 0 Å². The van der Waals surface area contributed by atoms with E-state index in [9.17, 15) is 9.59 Å². The maximum atomic E-state index is 10.7. The number of rotatable bonds is 1. The Labute approximate surface area is 58.0 Å². The first-order chi connectivity index (χ1) is 4.34. The molecule has 1 aliphatic rings. The fraction of sp³-hybridized carbons (Fsp3) is 0.667. The Balaban J connectivity index is 2.48. The van der Waals surface area contributed by atoms with E-state index in [-0.39, 0.29) is 5.78 Å². The van der Waals surface area contributed by atoms with E-state index in [1.807, 2.05) is 0 Å². The van der Waals surface area contributed by atoms with Crippen LogP contribution < -0.4 is 0 Å². The number of hydrogen-bond donors (Lipinski definition) is 0. The molecule has 1 unspecified atom stereocenters. The van der Waals surface area contributed by atoms with Crippen LogP contribution in [0.5, 0.6) is 0 Å². The molecule has 1 aliphatic heterocycles. The van der Waals surface area contributed by atoms with Crippen molar-refractivity contribution >= 4 is 23.8 Å². The lowest BCUT2D eigenvalue weighted by Gasteiger charge is -2.12. The molecule has 49 valence electrons. The number of ketones is 1. The van der Waals surface area contributed by atoms with Crippen LogP contribution in [0.25, 0.3) is 0 Å². The first-order valence-electron chi connectivity index (χ1n) is 2.86. The fourth-order valence-corrected chi connectivity index (χ4v) is 1.69. The predicted octanol–water partition coefficient (Wildman–Crippen LogP) is 0.561. The van der Waals surface area contributed by atoms with Crippen molar-refractivity contribution in [3.05, 3.63) is 0 Å². The summed E-state index contributed by atoms with van der Waals surface area (Å²) in [5, 5.41) is -0.473. The zero-order valence-corrected chi connectivity index (χ0v) is 5.74. The van der Waals surface area contributed by atoms with Gasteiger partial charge in [0.05, 0.1) is 0 Å². The summed E-state index contributed by atoms with van der Waals surface area (Å²) in [4.78, 5) is 20.7. The van der Waals surface area contributed by atoms with Crippen molar-refractivity contribution in [1.29, 1.82) is 0 Å². The number of hydrogen-bond acceptors (Lipinski definition) is 3. The Hall–Kier alpha value is -0.310. The summed E-state index contributed by atoms with van der Waals surface area (Å²) in [5.74, 6) is 0.965. The molecule has 0 saturated carbocycles. The molecule has 2 nitrogen and oxygen atoms in total. The van der Waals surface area contributed by atoms with Gasteiger partial charge in [-0.2, -0.15) is 0 Å². The van der Waals surface area contributed by atoms with Crippen molar-refractivity contribution in [1.82, 2.24) is 0 Å². The molecule has 9 heavy (non-hydrogen) atoms. The molecule has 3 heteroatoms. The van der Waals surface area contributed by atoms with Crippen LogP contribution >= 0.6 is 11.8 Å². The van der Waals surface area contributed by atoms with Gasteiger partial charge in [0.2, 0.25) is 6.29 Å². The Morgan fingerprint density at radius 2 is 2.44 bits per heavy atom. The molecule has 0 aromatic heterocycles. The largest absolute Gasteiger partial charge is 0.298 e. The lowest BCUT2D eigenvalue weighted by atomic mass is 10.2. The van der Waals surface area contributed by atoms with Gasteiger partial charge in [0.25, 0.3) is 0 Å². The van der Waals surface area contributed by atoms with Gasteiger partial charge in [-0.3, -0.25) is 9.59 Å². The van der Waals surface area contributed by atoms with Crippen LogP contribution in [0.4, 0.5) is 0 Å². The van der Waals surface area contributed by atoms with Gasteiger partial charge in [-0.1, -0.05) is 0 Å². The molecule has 1 saturated heterocycles. The Bertz CT molecular complexity index is 133. The number of Topliss-reactive ketones (excluding diaryl/α,β-unsaturated/α-hetero) is 1. The molecule has 0 aliphatic carbocycles.